The number of aliphatic hydroxyl groups is 7. The van der Waals surface area contributed by atoms with E-state index in [1.165, 1.54) is 0 Å². The SMILES string of the molecule is C=C(C=CC=C(CO)C1CCC2(C3CCC(O)Cc4cccc(c4)CC(C(CN=C(N)N)c4ccc(O)cc4)C(O)CNC4C(=O)NC(N)c5cccc(c54)CC(=O)C(C)=C3CCC2(C)O)C1O)C(O)(CC=C(C)C)NCCCCO. The molecule has 2 bridgehead atoms. The highest BCUT2D eigenvalue weighted by molar-refractivity contribution is 5.98. The van der Waals surface area contributed by atoms with E-state index in [1.54, 1.807) is 68.5 Å². The lowest BCUT2D eigenvalue weighted by molar-refractivity contribution is -0.168. The molecule has 2 aliphatic heterocycles. The summed E-state index contributed by atoms with van der Waals surface area (Å²) in [7, 11) is 0. The number of carbonyl (C=O) groups is 2. The first kappa shape index (κ1) is 62.8. The van der Waals surface area contributed by atoms with Gasteiger partial charge < -0.3 is 63.4 Å². The van der Waals surface area contributed by atoms with Crippen molar-refractivity contribution in [3.63, 3.8) is 0 Å². The smallest absolute Gasteiger partial charge is 0.243 e. The summed E-state index contributed by atoms with van der Waals surface area (Å²) in [5.74, 6) is -2.98. The van der Waals surface area contributed by atoms with Crippen LogP contribution in [0.3, 0.4) is 0 Å². The third-order valence-electron chi connectivity index (χ3n) is 18.0. The van der Waals surface area contributed by atoms with Crippen molar-refractivity contribution in [3.8, 4) is 5.75 Å². The van der Waals surface area contributed by atoms with E-state index < -0.39 is 83.4 Å². The van der Waals surface area contributed by atoms with Crippen molar-refractivity contribution in [2.45, 2.75) is 153 Å². The number of aliphatic hydroxyl groups excluding tert-OH is 5. The molecule has 12 unspecified atom stereocenters. The number of aromatic hydroxyl groups is 1. The van der Waals surface area contributed by atoms with Crippen molar-refractivity contribution in [2.75, 3.05) is 32.8 Å². The Bertz CT molecular complexity index is 2850. The number of unbranched alkanes of at least 4 members (excludes halogenated alkanes) is 1. The average molecular weight is 1120 g/mol. The number of allylic oxidation sites excluding steroid dienone is 5. The van der Waals surface area contributed by atoms with E-state index in [4.69, 9.17) is 17.2 Å². The van der Waals surface area contributed by atoms with Crippen LogP contribution in [0.2, 0.25) is 0 Å². The van der Waals surface area contributed by atoms with Gasteiger partial charge in [-0.25, -0.2) is 0 Å². The monoisotopic (exact) mass is 1120 g/mol. The number of aliphatic imine (C=N–C) groups is 1. The average Bonchev–Trinajstić information content (AvgIpc) is 4.07. The normalized spacial score (nSPS) is 28.8. The zero-order valence-corrected chi connectivity index (χ0v) is 47.7. The quantitative estimate of drug-likeness (QED) is 0.0227. The number of guanidine groups is 1. The Balaban J connectivity index is 1.29. The number of hydrogen-bond donors (Lipinski definition) is 14. The summed E-state index contributed by atoms with van der Waals surface area (Å²) in [6, 6.07) is 18.9. The molecular formula is C64H89N7O10. The number of amides is 1. The summed E-state index contributed by atoms with van der Waals surface area (Å²) in [6.07, 6.45) is 6.80. The molecule has 0 aromatic heterocycles. The van der Waals surface area contributed by atoms with E-state index in [0.29, 0.717) is 84.9 Å². The van der Waals surface area contributed by atoms with Crippen LogP contribution in [-0.4, -0.2) is 121 Å². The fourth-order valence-electron chi connectivity index (χ4n) is 13.5. The van der Waals surface area contributed by atoms with Gasteiger partial charge in [0.1, 0.15) is 23.7 Å². The van der Waals surface area contributed by atoms with E-state index >= 15 is 4.79 Å². The van der Waals surface area contributed by atoms with Crippen LogP contribution in [0, 0.1) is 23.2 Å². The second-order valence-corrected chi connectivity index (χ2v) is 23.6. The standard InChI is InChI=1S/C64H89N7O10/c1-38(2)23-28-64(81,70-29-6-7-30-72)39(3)11-8-15-45(37-73)49-25-27-63(58(49)78)53-22-21-47(75)32-41-12-9-13-42(31-41)33-51(52(35-69-61(66)67)43-17-19-46(74)20-18-43)55(77)36-68-57-56-44(14-10-16-50(56)59(65)71-60(57)79)34-54(76)40(4)48(53)24-26-62(63,5)80/h8-20,23,31,47,49,51-53,55,57-59,68,70,72-75,77-78,80-81H,3,6-7,21-22,24-30,32-37,65H2,1-2,4-5H3,(H,71,79)(H4,66,67,69). The second-order valence-electron chi connectivity index (χ2n) is 23.6. The van der Waals surface area contributed by atoms with Crippen molar-refractivity contribution in [1.82, 2.24) is 16.0 Å². The van der Waals surface area contributed by atoms with Gasteiger partial charge in [-0.3, -0.25) is 25.2 Å². The number of ketones is 1. The molecule has 81 heavy (non-hydrogen) atoms. The van der Waals surface area contributed by atoms with E-state index in [0.717, 1.165) is 27.8 Å². The van der Waals surface area contributed by atoms with Crippen LogP contribution in [-0.2, 0) is 28.9 Å². The number of benzene rings is 3. The molecule has 2 fully saturated rings. The molecule has 17 heteroatoms. The minimum absolute atomic E-state index is 0.0401. The lowest BCUT2D eigenvalue weighted by atomic mass is 9.52. The van der Waals surface area contributed by atoms with Crippen LogP contribution < -0.4 is 33.2 Å². The fourth-order valence-corrected chi connectivity index (χ4v) is 13.5. The van der Waals surface area contributed by atoms with Gasteiger partial charge in [0.05, 0.1) is 30.5 Å². The number of β-amino-alcohol motifs (C(OH)–C–C–N with tert-alkyl or cyclic N) is 1. The van der Waals surface area contributed by atoms with E-state index in [2.05, 4.69) is 27.5 Å². The summed E-state index contributed by atoms with van der Waals surface area (Å²) < 4.78 is 0. The molecule has 3 aromatic carbocycles. The molecule has 0 radical (unpaired) electrons. The maximum Gasteiger partial charge on any atom is 0.243 e. The Morgan fingerprint density at radius 3 is 2.38 bits per heavy atom. The zero-order chi connectivity index (χ0) is 58.8. The van der Waals surface area contributed by atoms with Crippen molar-refractivity contribution >= 4 is 17.6 Å². The summed E-state index contributed by atoms with van der Waals surface area (Å²) in [4.78, 5) is 33.7. The molecule has 17 nitrogen and oxygen atoms in total. The van der Waals surface area contributed by atoms with Crippen molar-refractivity contribution < 1.29 is 50.4 Å². The van der Waals surface area contributed by atoms with Crippen LogP contribution in [0.15, 0.2) is 130 Å². The van der Waals surface area contributed by atoms with Crippen LogP contribution in [0.1, 0.15) is 137 Å². The molecule has 0 saturated heterocycles. The van der Waals surface area contributed by atoms with Gasteiger partial charge in [0.15, 0.2) is 11.7 Å². The summed E-state index contributed by atoms with van der Waals surface area (Å²) in [5.41, 5.74) is 21.6. The second kappa shape index (κ2) is 27.5. The van der Waals surface area contributed by atoms with Crippen LogP contribution in [0.4, 0.5) is 0 Å². The first-order valence-corrected chi connectivity index (χ1v) is 28.8. The van der Waals surface area contributed by atoms with E-state index in [1.807, 2.05) is 50.3 Å². The van der Waals surface area contributed by atoms with Gasteiger partial charge in [0.25, 0.3) is 0 Å². The Kier molecular flexibility index (Phi) is 21.3. The van der Waals surface area contributed by atoms with Gasteiger partial charge in [0, 0.05) is 49.8 Å². The maximum atomic E-state index is 15.1. The van der Waals surface area contributed by atoms with Crippen LogP contribution in [0.5, 0.6) is 5.75 Å². The molecule has 17 N–H and O–H groups in total. The molecule has 2 aliphatic carbocycles. The number of Topliss-reactive ketones (excluding diaryl/α,β-unsaturated/α-hetero) is 1. The van der Waals surface area contributed by atoms with Crippen molar-refractivity contribution in [2.24, 2.45) is 45.4 Å². The van der Waals surface area contributed by atoms with Crippen LogP contribution in [0.25, 0.3) is 0 Å². The molecule has 4 aliphatic rings. The summed E-state index contributed by atoms with van der Waals surface area (Å²) >= 11 is 0. The third kappa shape index (κ3) is 14.5. The Hall–Kier alpha value is -5.83. The Labute approximate surface area is 477 Å². The maximum absolute atomic E-state index is 15.1. The summed E-state index contributed by atoms with van der Waals surface area (Å²) in [5, 5.41) is 102. The number of nitrogens with one attached hydrogen (secondary N) is 3. The number of phenolic OH excluding ortho intramolecular Hbond substituents is 1. The molecule has 2 saturated carbocycles. The minimum atomic E-state index is -1.48. The summed E-state index contributed by atoms with van der Waals surface area (Å²) in [6.45, 7) is 11.7. The lowest BCUT2D eigenvalue weighted by Gasteiger charge is -2.56. The number of nitrogens with two attached hydrogens (primary N) is 3. The predicted octanol–water partition coefficient (Wildman–Crippen LogP) is 4.87. The highest BCUT2D eigenvalue weighted by Gasteiger charge is 2.64. The molecule has 3 aromatic rings. The molecule has 1 amide bonds. The van der Waals surface area contributed by atoms with Gasteiger partial charge in [-0.2, -0.15) is 0 Å². The molecular weight excluding hydrogens is 1030 g/mol. The van der Waals surface area contributed by atoms with Gasteiger partial charge in [-0.15, -0.1) is 0 Å². The topological polar surface area (TPSA) is 322 Å². The molecule has 2 heterocycles. The highest BCUT2D eigenvalue weighted by atomic mass is 16.3. The Morgan fingerprint density at radius 2 is 1.69 bits per heavy atom. The Morgan fingerprint density at radius 1 is 0.975 bits per heavy atom. The highest BCUT2D eigenvalue weighted by Crippen LogP contribution is 2.63. The molecule has 440 valence electrons. The molecule has 12 atom stereocenters. The van der Waals surface area contributed by atoms with Crippen molar-refractivity contribution in [1.29, 1.82) is 0 Å². The van der Waals surface area contributed by atoms with Gasteiger partial charge in [-0.1, -0.05) is 96.6 Å². The molecule has 1 spiro atoms. The number of phenols is 1. The number of carbonyl (C=O) groups excluding carboxylic acids is 2. The third-order valence-corrected chi connectivity index (χ3v) is 18.0. The first-order valence-electron chi connectivity index (χ1n) is 28.8. The lowest BCUT2D eigenvalue weighted by Crippen LogP contribution is -2.59. The van der Waals surface area contributed by atoms with Gasteiger partial charge >= 0.3 is 0 Å². The number of nitrogens with zero attached hydrogens (tertiary/aromatic N) is 1. The number of hydrogen-bond acceptors (Lipinski definition) is 14. The van der Waals surface area contributed by atoms with E-state index in [-0.39, 0.29) is 69.3 Å². The zero-order valence-electron chi connectivity index (χ0n) is 47.7. The largest absolute Gasteiger partial charge is 0.508 e. The van der Waals surface area contributed by atoms with Crippen LogP contribution >= 0.6 is 0 Å². The predicted molar refractivity (Wildman–Crippen MR) is 315 cm³/mol. The fraction of sp³-hybridized carbons (Fsp3) is 0.516. The number of rotatable bonds is 16. The number of fused-ring (bicyclic) bond motifs is 4. The minimum Gasteiger partial charge on any atom is -0.508 e. The van der Waals surface area contributed by atoms with Crippen molar-refractivity contribution in [3.05, 3.63) is 159 Å². The first-order chi connectivity index (χ1) is 38.5. The molecule has 7 rings (SSSR count). The van der Waals surface area contributed by atoms with E-state index in [9.17, 15) is 45.6 Å². The van der Waals surface area contributed by atoms with Gasteiger partial charge in [-0.05, 0) is 173 Å². The van der Waals surface area contributed by atoms with Gasteiger partial charge in [0.2, 0.25) is 5.91 Å².